The first kappa shape index (κ1) is 20.5. The van der Waals surface area contributed by atoms with E-state index in [0.717, 1.165) is 24.8 Å². The van der Waals surface area contributed by atoms with Crippen LogP contribution in [-0.4, -0.2) is 23.9 Å². The van der Waals surface area contributed by atoms with Gasteiger partial charge in [-0.3, -0.25) is 0 Å². The third-order valence-corrected chi connectivity index (χ3v) is 6.37. The van der Waals surface area contributed by atoms with Crippen molar-refractivity contribution >= 4 is 8.09 Å². The van der Waals surface area contributed by atoms with E-state index in [-0.39, 0.29) is 11.5 Å². The Bertz CT molecular complexity index is 537. The lowest BCUT2D eigenvalue weighted by molar-refractivity contribution is -0.251. The number of rotatable bonds is 8. The van der Waals surface area contributed by atoms with Crippen molar-refractivity contribution < 1.29 is 13.9 Å². The Morgan fingerprint density at radius 2 is 1.88 bits per heavy atom. The van der Waals surface area contributed by atoms with Crippen molar-refractivity contribution in [2.24, 2.45) is 5.41 Å². The zero-order chi connectivity index (χ0) is 18.3. The van der Waals surface area contributed by atoms with Gasteiger partial charge in [-0.05, 0) is 18.9 Å². The molecule has 2 rings (SSSR count). The van der Waals surface area contributed by atoms with Crippen LogP contribution in [0.15, 0.2) is 42.5 Å². The van der Waals surface area contributed by atoms with Crippen LogP contribution in [0.25, 0.3) is 0 Å². The molecule has 1 atom stereocenters. The van der Waals surface area contributed by atoms with Gasteiger partial charge in [0.2, 0.25) is 0 Å². The second-order valence-corrected chi connectivity index (χ2v) is 9.47. The van der Waals surface area contributed by atoms with E-state index >= 15 is 0 Å². The van der Waals surface area contributed by atoms with Crippen LogP contribution in [0.3, 0.4) is 0 Å². The van der Waals surface area contributed by atoms with Gasteiger partial charge in [-0.25, -0.2) is 0 Å². The minimum Gasteiger partial charge on any atom is -0.616 e. The molecule has 25 heavy (non-hydrogen) atoms. The van der Waals surface area contributed by atoms with Crippen LogP contribution in [0, 0.1) is 5.41 Å². The fourth-order valence-corrected chi connectivity index (χ4v) is 5.16. The second-order valence-electron chi connectivity index (χ2n) is 7.50. The first-order valence-electron chi connectivity index (χ1n) is 9.23. The van der Waals surface area contributed by atoms with Gasteiger partial charge in [-0.1, -0.05) is 76.1 Å². The number of allylic oxidation sites excluding steroid dienone is 1. The predicted molar refractivity (Wildman–Crippen MR) is 103 cm³/mol. The van der Waals surface area contributed by atoms with Gasteiger partial charge in [0, 0.05) is 5.41 Å². The molecule has 0 N–H and O–H groups in total. The molecule has 0 aliphatic carbocycles. The number of unbranched alkanes of at least 4 members (excludes halogenated alkanes) is 1. The largest absolute Gasteiger partial charge is 0.616 e. The number of nitrogens with zero attached hydrogens (tertiary/aromatic N) is 1. The third-order valence-electron chi connectivity index (χ3n) is 4.39. The summed E-state index contributed by atoms with van der Waals surface area (Å²) in [6.07, 6.45) is 7.26. The van der Waals surface area contributed by atoms with E-state index in [4.69, 9.17) is 9.05 Å². The maximum absolute atomic E-state index is 13.6. The Morgan fingerprint density at radius 3 is 2.44 bits per heavy atom. The van der Waals surface area contributed by atoms with Crippen LogP contribution in [0.4, 0.5) is 0 Å². The number of hydrogen-bond acceptors (Lipinski definition) is 4. The van der Waals surface area contributed by atoms with Crippen LogP contribution in [0.1, 0.15) is 52.5 Å². The summed E-state index contributed by atoms with van der Waals surface area (Å²) < 4.78 is 13.6. The Balaban J connectivity index is 2.26. The Morgan fingerprint density at radius 1 is 1.24 bits per heavy atom. The van der Waals surface area contributed by atoms with E-state index in [2.05, 4.69) is 39.0 Å². The molecule has 0 aromatic heterocycles. The predicted octanol–water partition coefficient (Wildman–Crippen LogP) is 4.73. The van der Waals surface area contributed by atoms with Crippen LogP contribution >= 0.6 is 8.09 Å². The molecule has 0 unspecified atom stereocenters. The highest BCUT2D eigenvalue weighted by molar-refractivity contribution is 7.56. The summed E-state index contributed by atoms with van der Waals surface area (Å²) in [5.41, 5.74) is 1.01. The van der Waals surface area contributed by atoms with Crippen molar-refractivity contribution in [3.63, 3.8) is 0 Å². The van der Waals surface area contributed by atoms with Crippen LogP contribution in [-0.2, 0) is 15.6 Å². The molecule has 1 aromatic rings. The molecule has 4 nitrogen and oxygen atoms in total. The maximum atomic E-state index is 13.6. The average Bonchev–Trinajstić information content (AvgIpc) is 2.60. The molecule has 1 heterocycles. The van der Waals surface area contributed by atoms with E-state index in [1.165, 1.54) is 0 Å². The van der Waals surface area contributed by atoms with Crippen molar-refractivity contribution in [3.8, 4) is 0 Å². The summed E-state index contributed by atoms with van der Waals surface area (Å²) in [6, 6.07) is 10.2. The summed E-state index contributed by atoms with van der Waals surface area (Å²) in [5.74, 6) is 0. The molecule has 140 valence electrons. The van der Waals surface area contributed by atoms with Gasteiger partial charge in [-0.2, -0.15) is 9.05 Å². The molecule has 1 saturated heterocycles. The van der Waals surface area contributed by atoms with Crippen LogP contribution < -0.4 is 4.89 Å². The minimum atomic E-state index is -3.31. The normalized spacial score (nSPS) is 20.9. The SMILES string of the molecule is C/C=C/[C@H](CCCC)N(Cc1ccccc1)[P+]1([O-])OCC(C)(C)CO1. The molecule has 0 radical (unpaired) electrons. The lowest BCUT2D eigenvalue weighted by atomic mass is 9.97. The zero-order valence-electron chi connectivity index (χ0n) is 16.0. The van der Waals surface area contributed by atoms with Gasteiger partial charge >= 0.3 is 8.09 Å². The number of benzene rings is 1. The van der Waals surface area contributed by atoms with Crippen LogP contribution in [0.2, 0.25) is 0 Å². The number of hydrogen-bond donors (Lipinski definition) is 0. The molecule has 0 bridgehead atoms. The summed E-state index contributed by atoms with van der Waals surface area (Å²) in [4.78, 5) is 13.6. The topological polar surface area (TPSA) is 44.8 Å². The average molecular weight is 365 g/mol. The monoisotopic (exact) mass is 365 g/mol. The molecule has 1 fully saturated rings. The van der Waals surface area contributed by atoms with Crippen molar-refractivity contribution in [1.82, 2.24) is 4.67 Å². The molecule has 5 heteroatoms. The lowest BCUT2D eigenvalue weighted by Gasteiger charge is -2.44. The Kier molecular flexibility index (Phi) is 7.60. The highest BCUT2D eigenvalue weighted by Gasteiger charge is 2.48. The highest BCUT2D eigenvalue weighted by Crippen LogP contribution is 2.62. The molecule has 0 amide bonds. The summed E-state index contributed by atoms with van der Waals surface area (Å²) in [7, 11) is -3.31. The molecule has 0 spiro atoms. The van der Waals surface area contributed by atoms with E-state index in [9.17, 15) is 4.89 Å². The van der Waals surface area contributed by atoms with Crippen LogP contribution in [0.5, 0.6) is 0 Å². The first-order valence-corrected chi connectivity index (χ1v) is 10.7. The molecule has 0 saturated carbocycles. The second kappa shape index (κ2) is 9.25. The lowest BCUT2D eigenvalue weighted by Crippen LogP contribution is -2.45. The smallest absolute Gasteiger partial charge is 0.315 e. The van der Waals surface area contributed by atoms with Crippen molar-refractivity contribution in [3.05, 3.63) is 48.0 Å². The standard InChI is InChI=1S/C20H32NO3P/c1-5-7-14-19(11-6-2)21(15-18-12-9-8-10-13-18)25(22)23-16-20(3,4)17-24-25/h6,8-13,19H,5,7,14-17H2,1-4H3/b11-6+/t19-/m1/s1. The van der Waals surface area contributed by atoms with Gasteiger partial charge in [0.15, 0.2) is 0 Å². The van der Waals surface area contributed by atoms with Gasteiger partial charge in [-0.15, -0.1) is 4.67 Å². The van der Waals surface area contributed by atoms with E-state index in [1.807, 2.05) is 35.9 Å². The van der Waals surface area contributed by atoms with Crippen molar-refractivity contribution in [2.45, 2.75) is 59.5 Å². The van der Waals surface area contributed by atoms with Gasteiger partial charge in [0.1, 0.15) is 13.2 Å². The van der Waals surface area contributed by atoms with Gasteiger partial charge in [0.25, 0.3) is 0 Å². The highest BCUT2D eigenvalue weighted by atomic mass is 31.2. The first-order chi connectivity index (χ1) is 11.9. The summed E-state index contributed by atoms with van der Waals surface area (Å²) in [6.45, 7) is 9.76. The zero-order valence-corrected chi connectivity index (χ0v) is 16.9. The minimum absolute atomic E-state index is 0.0391. The molecular weight excluding hydrogens is 333 g/mol. The maximum Gasteiger partial charge on any atom is 0.315 e. The molecule has 1 aliphatic rings. The molecule has 1 aliphatic heterocycles. The quantitative estimate of drug-likeness (QED) is 0.493. The summed E-state index contributed by atoms with van der Waals surface area (Å²) >= 11 is 0. The Labute approximate surface area is 153 Å². The van der Waals surface area contributed by atoms with Crippen molar-refractivity contribution in [2.75, 3.05) is 13.2 Å². The van der Waals surface area contributed by atoms with Gasteiger partial charge in [0.05, 0.1) is 12.6 Å². The Hall–Kier alpha value is -0.770. The fourth-order valence-electron chi connectivity index (χ4n) is 2.88. The summed E-state index contributed by atoms with van der Waals surface area (Å²) in [5, 5.41) is 0. The van der Waals surface area contributed by atoms with Gasteiger partial charge < -0.3 is 4.89 Å². The van der Waals surface area contributed by atoms with Crippen molar-refractivity contribution in [1.29, 1.82) is 0 Å². The molecule has 1 aromatic carbocycles. The van der Waals surface area contributed by atoms with E-state index in [1.54, 1.807) is 0 Å². The van der Waals surface area contributed by atoms with E-state index in [0.29, 0.717) is 19.8 Å². The molecular formula is C20H32NO3P. The van der Waals surface area contributed by atoms with E-state index < -0.39 is 8.09 Å². The fraction of sp³-hybridized carbons (Fsp3) is 0.600. The third kappa shape index (κ3) is 5.87.